The van der Waals surface area contributed by atoms with Gasteiger partial charge < -0.3 is 9.80 Å². The van der Waals surface area contributed by atoms with Crippen molar-refractivity contribution in [2.75, 3.05) is 20.1 Å². The molecule has 2 aliphatic heterocycles. The standard InChI is InChI=1S/C16H23N3O2/c1-4-6-7-13-12(5-2)18(3)10-11-19(13)14-8-9-15(20)17-16(14)21/h4-7,14H,8-11H2,1-3H3,(H,17,20,21)/b6-4-,12-5+,13-7+. The van der Waals surface area contributed by atoms with E-state index in [-0.39, 0.29) is 17.9 Å². The first-order valence-corrected chi connectivity index (χ1v) is 7.39. The van der Waals surface area contributed by atoms with Crippen LogP contribution in [0.2, 0.25) is 0 Å². The zero-order valence-electron chi connectivity index (χ0n) is 12.9. The maximum Gasteiger partial charge on any atom is 0.249 e. The van der Waals surface area contributed by atoms with Crippen molar-refractivity contribution in [3.8, 4) is 0 Å². The van der Waals surface area contributed by atoms with Gasteiger partial charge >= 0.3 is 0 Å². The van der Waals surface area contributed by atoms with E-state index >= 15 is 0 Å². The Morgan fingerprint density at radius 3 is 2.57 bits per heavy atom. The highest BCUT2D eigenvalue weighted by Crippen LogP contribution is 2.28. The largest absolute Gasteiger partial charge is 0.371 e. The van der Waals surface area contributed by atoms with Crippen LogP contribution in [0.1, 0.15) is 26.7 Å². The van der Waals surface area contributed by atoms with Gasteiger partial charge in [-0.2, -0.15) is 0 Å². The fourth-order valence-electron chi connectivity index (χ4n) is 2.88. The number of imide groups is 1. The Morgan fingerprint density at radius 2 is 1.95 bits per heavy atom. The number of carbonyl (C=O) groups excluding carboxylic acids is 2. The lowest BCUT2D eigenvalue weighted by molar-refractivity contribution is -0.137. The van der Waals surface area contributed by atoms with E-state index in [2.05, 4.69) is 28.2 Å². The molecule has 0 radical (unpaired) electrons. The number of piperazine rings is 1. The van der Waals surface area contributed by atoms with Crippen LogP contribution in [-0.2, 0) is 9.59 Å². The topological polar surface area (TPSA) is 52.6 Å². The minimum atomic E-state index is -0.261. The predicted molar refractivity (Wildman–Crippen MR) is 82.2 cm³/mol. The van der Waals surface area contributed by atoms with E-state index in [4.69, 9.17) is 0 Å². The zero-order valence-corrected chi connectivity index (χ0v) is 12.9. The summed E-state index contributed by atoms with van der Waals surface area (Å²) < 4.78 is 0. The van der Waals surface area contributed by atoms with Gasteiger partial charge in [-0.05, 0) is 26.3 Å². The number of nitrogens with one attached hydrogen (secondary N) is 1. The average Bonchev–Trinajstić information content (AvgIpc) is 2.46. The van der Waals surface area contributed by atoms with Crippen molar-refractivity contribution in [1.82, 2.24) is 15.1 Å². The second kappa shape index (κ2) is 6.61. The Bertz CT molecular complexity index is 520. The average molecular weight is 289 g/mol. The summed E-state index contributed by atoms with van der Waals surface area (Å²) in [5, 5.41) is 2.45. The lowest BCUT2D eigenvalue weighted by Gasteiger charge is -2.43. The highest BCUT2D eigenvalue weighted by Gasteiger charge is 2.35. The van der Waals surface area contributed by atoms with Crippen LogP contribution in [0, 0.1) is 0 Å². The Labute approximate surface area is 126 Å². The number of nitrogens with zero attached hydrogens (tertiary/aromatic N) is 2. The number of amides is 2. The van der Waals surface area contributed by atoms with Crippen LogP contribution in [0.4, 0.5) is 0 Å². The van der Waals surface area contributed by atoms with Gasteiger partial charge in [-0.15, -0.1) is 0 Å². The van der Waals surface area contributed by atoms with Crippen LogP contribution < -0.4 is 5.32 Å². The lowest BCUT2D eigenvalue weighted by atomic mass is 10.0. The molecule has 1 unspecified atom stereocenters. The van der Waals surface area contributed by atoms with Crippen LogP contribution in [0.15, 0.2) is 35.7 Å². The van der Waals surface area contributed by atoms with Gasteiger partial charge in [0.15, 0.2) is 0 Å². The number of allylic oxidation sites excluding steroid dienone is 4. The van der Waals surface area contributed by atoms with E-state index in [9.17, 15) is 9.59 Å². The van der Waals surface area contributed by atoms with E-state index in [0.717, 1.165) is 24.5 Å². The predicted octanol–water partition coefficient (Wildman–Crippen LogP) is 1.40. The molecule has 2 saturated heterocycles. The molecule has 1 N–H and O–H groups in total. The molecule has 0 aromatic heterocycles. The quantitative estimate of drug-likeness (QED) is 0.781. The third kappa shape index (κ3) is 3.17. The molecule has 2 fully saturated rings. The summed E-state index contributed by atoms with van der Waals surface area (Å²) in [6, 6.07) is -0.261. The van der Waals surface area contributed by atoms with Crippen LogP contribution >= 0.6 is 0 Å². The van der Waals surface area contributed by atoms with E-state index in [0.29, 0.717) is 12.8 Å². The number of hydrogen-bond donors (Lipinski definition) is 1. The second-order valence-corrected chi connectivity index (χ2v) is 5.33. The molecular weight excluding hydrogens is 266 g/mol. The Morgan fingerprint density at radius 1 is 1.19 bits per heavy atom. The third-order valence-electron chi connectivity index (χ3n) is 3.97. The van der Waals surface area contributed by atoms with Crippen molar-refractivity contribution >= 4 is 11.8 Å². The molecule has 0 aromatic rings. The SMILES string of the molecule is C\C=C/C=C1\C(=C/C)N(C)CCN1C1CCC(=O)NC1=O. The number of piperidine rings is 1. The molecule has 0 aromatic carbocycles. The van der Waals surface area contributed by atoms with Crippen molar-refractivity contribution in [3.63, 3.8) is 0 Å². The van der Waals surface area contributed by atoms with Gasteiger partial charge in [-0.25, -0.2) is 0 Å². The molecule has 2 aliphatic rings. The van der Waals surface area contributed by atoms with Crippen molar-refractivity contribution in [3.05, 3.63) is 35.7 Å². The summed E-state index contributed by atoms with van der Waals surface area (Å²) in [5.41, 5.74) is 2.16. The van der Waals surface area contributed by atoms with E-state index in [1.54, 1.807) is 0 Å². The van der Waals surface area contributed by atoms with Gasteiger partial charge in [0.2, 0.25) is 11.8 Å². The first-order valence-electron chi connectivity index (χ1n) is 7.39. The fourth-order valence-corrected chi connectivity index (χ4v) is 2.88. The van der Waals surface area contributed by atoms with Crippen molar-refractivity contribution in [2.24, 2.45) is 0 Å². The van der Waals surface area contributed by atoms with E-state index in [1.807, 2.05) is 32.1 Å². The summed E-state index contributed by atoms with van der Waals surface area (Å²) in [4.78, 5) is 27.8. The fraction of sp³-hybridized carbons (Fsp3) is 0.500. The highest BCUT2D eigenvalue weighted by molar-refractivity contribution is 6.00. The van der Waals surface area contributed by atoms with Crippen LogP contribution in [-0.4, -0.2) is 47.8 Å². The summed E-state index contributed by atoms with van der Waals surface area (Å²) in [6.45, 7) is 5.62. The van der Waals surface area contributed by atoms with Gasteiger partial charge in [-0.3, -0.25) is 14.9 Å². The molecule has 5 heteroatoms. The van der Waals surface area contributed by atoms with Crippen molar-refractivity contribution < 1.29 is 9.59 Å². The highest BCUT2D eigenvalue weighted by atomic mass is 16.2. The zero-order chi connectivity index (χ0) is 15.4. The maximum atomic E-state index is 12.1. The maximum absolute atomic E-state index is 12.1. The van der Waals surface area contributed by atoms with E-state index in [1.165, 1.54) is 0 Å². The van der Waals surface area contributed by atoms with Crippen LogP contribution in [0.3, 0.4) is 0 Å². The van der Waals surface area contributed by atoms with E-state index < -0.39 is 0 Å². The molecule has 0 bridgehead atoms. The monoisotopic (exact) mass is 289 g/mol. The summed E-state index contributed by atoms with van der Waals surface area (Å²) in [5.74, 6) is -0.353. The van der Waals surface area contributed by atoms with Gasteiger partial charge in [0, 0.05) is 26.6 Å². The Hall–Kier alpha value is -2.04. The molecule has 21 heavy (non-hydrogen) atoms. The molecule has 5 nitrogen and oxygen atoms in total. The van der Waals surface area contributed by atoms with Crippen LogP contribution in [0.25, 0.3) is 0 Å². The van der Waals surface area contributed by atoms with Gasteiger partial charge in [0.1, 0.15) is 6.04 Å². The molecule has 2 heterocycles. The summed E-state index contributed by atoms with van der Waals surface area (Å²) in [6.07, 6.45) is 9.04. The number of hydrogen-bond acceptors (Lipinski definition) is 4. The Kier molecular flexibility index (Phi) is 4.83. The molecule has 114 valence electrons. The molecule has 2 amide bonds. The number of rotatable bonds is 2. The van der Waals surface area contributed by atoms with Gasteiger partial charge in [0.25, 0.3) is 0 Å². The normalized spacial score (nSPS) is 27.9. The minimum absolute atomic E-state index is 0.171. The minimum Gasteiger partial charge on any atom is -0.371 e. The molecule has 1 atom stereocenters. The number of likely N-dealkylation sites (N-methyl/N-ethyl adjacent to an activating group) is 1. The van der Waals surface area contributed by atoms with Crippen molar-refractivity contribution in [2.45, 2.75) is 32.7 Å². The first kappa shape index (κ1) is 15.4. The van der Waals surface area contributed by atoms with Gasteiger partial charge in [-0.1, -0.05) is 18.2 Å². The Balaban J connectivity index is 2.32. The van der Waals surface area contributed by atoms with Gasteiger partial charge in [0.05, 0.1) is 11.4 Å². The summed E-state index contributed by atoms with van der Waals surface area (Å²) >= 11 is 0. The van der Waals surface area contributed by atoms with Crippen LogP contribution in [0.5, 0.6) is 0 Å². The smallest absolute Gasteiger partial charge is 0.249 e. The molecule has 0 saturated carbocycles. The molecule has 0 spiro atoms. The van der Waals surface area contributed by atoms with Crippen molar-refractivity contribution in [1.29, 1.82) is 0 Å². The first-order chi connectivity index (χ1) is 10.1. The molecule has 0 aliphatic carbocycles. The second-order valence-electron chi connectivity index (χ2n) is 5.33. The molecular formula is C16H23N3O2. The lowest BCUT2D eigenvalue weighted by Crippen LogP contribution is -2.55. The third-order valence-corrected chi connectivity index (χ3v) is 3.97. The summed E-state index contributed by atoms with van der Waals surface area (Å²) in [7, 11) is 2.06. The number of carbonyl (C=O) groups is 2. The molecule has 2 rings (SSSR count).